The van der Waals surface area contributed by atoms with Crippen LogP contribution in [-0.4, -0.2) is 25.6 Å². The first-order chi connectivity index (χ1) is 8.84. The molecule has 0 radical (unpaired) electrons. The van der Waals surface area contributed by atoms with Gasteiger partial charge in [0.1, 0.15) is 9.88 Å². The molecule has 6 heteroatoms. The summed E-state index contributed by atoms with van der Waals surface area (Å²) in [6.07, 6.45) is 3.45. The summed E-state index contributed by atoms with van der Waals surface area (Å²) in [6, 6.07) is 0. The van der Waals surface area contributed by atoms with E-state index in [4.69, 9.17) is 0 Å². The number of carboxylic acids is 1. The molecule has 0 amide bonds. The van der Waals surface area contributed by atoms with Gasteiger partial charge in [-0.2, -0.15) is 0 Å². The van der Waals surface area contributed by atoms with Crippen LogP contribution in [0.4, 0.5) is 0 Å². The van der Waals surface area contributed by atoms with Crippen LogP contribution in [0.2, 0.25) is 0 Å². The fourth-order valence-electron chi connectivity index (χ4n) is 1.83. The molecule has 0 aliphatic heterocycles. The van der Waals surface area contributed by atoms with Crippen molar-refractivity contribution in [2.75, 3.05) is 0 Å². The molecular weight excluding hydrogens is 262 g/mol. The van der Waals surface area contributed by atoms with Crippen molar-refractivity contribution in [2.45, 2.75) is 39.7 Å². The van der Waals surface area contributed by atoms with E-state index in [1.54, 1.807) is 12.5 Å². The Morgan fingerprint density at radius 3 is 2.63 bits per heavy atom. The first kappa shape index (κ1) is 13.7. The zero-order valence-electron chi connectivity index (χ0n) is 11.5. The van der Waals surface area contributed by atoms with Gasteiger partial charge in [-0.3, -0.25) is 0 Å². The lowest BCUT2D eigenvalue weighted by Gasteiger charge is -2.16. The van der Waals surface area contributed by atoms with E-state index in [1.807, 2.05) is 32.3 Å². The van der Waals surface area contributed by atoms with Crippen LogP contribution in [0.25, 0.3) is 10.7 Å². The summed E-state index contributed by atoms with van der Waals surface area (Å²) >= 11 is 1.21. The lowest BCUT2D eigenvalue weighted by Crippen LogP contribution is -2.16. The maximum Gasteiger partial charge on any atom is 0.347 e. The van der Waals surface area contributed by atoms with Crippen LogP contribution < -0.4 is 0 Å². The van der Waals surface area contributed by atoms with Gasteiger partial charge in [-0.25, -0.2) is 14.8 Å². The molecule has 2 rings (SSSR count). The normalized spacial score (nSPS) is 11.8. The molecule has 0 saturated carbocycles. The summed E-state index contributed by atoms with van der Waals surface area (Å²) in [7, 11) is 0. The third-order valence-electron chi connectivity index (χ3n) is 2.80. The Hall–Kier alpha value is -1.69. The highest BCUT2D eigenvalue weighted by Gasteiger charge is 2.27. The smallest absolute Gasteiger partial charge is 0.347 e. The first-order valence-corrected chi connectivity index (χ1v) is 6.91. The van der Waals surface area contributed by atoms with Crippen LogP contribution in [0.15, 0.2) is 12.5 Å². The average Bonchev–Trinajstić information content (AvgIpc) is 2.93. The number of thiazole rings is 1. The molecule has 0 spiro atoms. The molecule has 0 atom stereocenters. The average molecular weight is 279 g/mol. The van der Waals surface area contributed by atoms with Crippen molar-refractivity contribution in [3.05, 3.63) is 23.1 Å². The van der Waals surface area contributed by atoms with Gasteiger partial charge in [0.15, 0.2) is 0 Å². The highest BCUT2D eigenvalue weighted by atomic mass is 32.1. The van der Waals surface area contributed by atoms with Crippen LogP contribution in [0.5, 0.6) is 0 Å². The van der Waals surface area contributed by atoms with E-state index in [0.717, 1.165) is 12.2 Å². The molecule has 0 aliphatic rings. The lowest BCUT2D eigenvalue weighted by atomic mass is 9.91. The van der Waals surface area contributed by atoms with Crippen LogP contribution in [0.3, 0.4) is 0 Å². The second-order valence-electron chi connectivity index (χ2n) is 5.32. The fraction of sp³-hybridized carbons (Fsp3) is 0.462. The SMILES string of the molecule is CCn1cncc1-c1nc(C(C)(C)C)c(C(=O)O)s1. The van der Waals surface area contributed by atoms with E-state index in [0.29, 0.717) is 15.6 Å². The predicted molar refractivity (Wildman–Crippen MR) is 74.7 cm³/mol. The number of nitrogens with zero attached hydrogens (tertiary/aromatic N) is 3. The predicted octanol–water partition coefficient (Wildman–Crippen LogP) is 3.02. The summed E-state index contributed by atoms with van der Waals surface area (Å²) in [4.78, 5) is 20.3. The number of aryl methyl sites for hydroxylation is 1. The molecule has 2 aromatic heterocycles. The number of rotatable bonds is 3. The maximum absolute atomic E-state index is 11.4. The van der Waals surface area contributed by atoms with E-state index >= 15 is 0 Å². The van der Waals surface area contributed by atoms with Gasteiger partial charge in [0.25, 0.3) is 0 Å². The highest BCUT2D eigenvalue weighted by Crippen LogP contribution is 2.34. The minimum Gasteiger partial charge on any atom is -0.477 e. The molecular formula is C13H17N3O2S. The van der Waals surface area contributed by atoms with Gasteiger partial charge in [0.05, 0.1) is 23.9 Å². The molecule has 0 saturated heterocycles. The molecule has 102 valence electrons. The minimum absolute atomic E-state index is 0.292. The number of aromatic nitrogens is 3. The summed E-state index contributed by atoms with van der Waals surface area (Å²) < 4.78 is 1.96. The molecule has 0 fully saturated rings. The van der Waals surface area contributed by atoms with Gasteiger partial charge in [0, 0.05) is 12.0 Å². The van der Waals surface area contributed by atoms with Gasteiger partial charge in [-0.15, -0.1) is 11.3 Å². The number of carboxylic acid groups (broad SMARTS) is 1. The second-order valence-corrected chi connectivity index (χ2v) is 6.32. The third kappa shape index (κ3) is 2.53. The highest BCUT2D eigenvalue weighted by molar-refractivity contribution is 7.17. The Balaban J connectivity index is 2.59. The van der Waals surface area contributed by atoms with E-state index in [9.17, 15) is 9.90 Å². The number of carbonyl (C=O) groups is 1. The minimum atomic E-state index is -0.920. The van der Waals surface area contributed by atoms with Gasteiger partial charge in [-0.05, 0) is 6.92 Å². The van der Waals surface area contributed by atoms with Crippen molar-refractivity contribution in [1.29, 1.82) is 0 Å². The summed E-state index contributed by atoms with van der Waals surface area (Å²) in [5, 5.41) is 10.0. The van der Waals surface area contributed by atoms with Crippen LogP contribution in [0.1, 0.15) is 43.1 Å². The van der Waals surface area contributed by atoms with Crippen molar-refractivity contribution >= 4 is 17.3 Å². The number of aromatic carboxylic acids is 1. The molecule has 2 aromatic rings. The van der Waals surface area contributed by atoms with E-state index in [2.05, 4.69) is 9.97 Å². The Morgan fingerprint density at radius 1 is 1.47 bits per heavy atom. The monoisotopic (exact) mass is 279 g/mol. The van der Waals surface area contributed by atoms with Crippen LogP contribution in [0, 0.1) is 0 Å². The topological polar surface area (TPSA) is 68.0 Å². The first-order valence-electron chi connectivity index (χ1n) is 6.09. The fourth-order valence-corrected chi connectivity index (χ4v) is 2.97. The number of hydrogen-bond donors (Lipinski definition) is 1. The van der Waals surface area contributed by atoms with Crippen molar-refractivity contribution < 1.29 is 9.90 Å². The summed E-state index contributed by atoms with van der Waals surface area (Å²) in [5.41, 5.74) is 1.20. The van der Waals surface area contributed by atoms with E-state index in [1.165, 1.54) is 11.3 Å². The molecule has 5 nitrogen and oxygen atoms in total. The molecule has 1 N–H and O–H groups in total. The Kier molecular flexibility index (Phi) is 3.45. The third-order valence-corrected chi connectivity index (χ3v) is 3.87. The Labute approximate surface area is 115 Å². The van der Waals surface area contributed by atoms with Gasteiger partial charge >= 0.3 is 5.97 Å². The molecule has 0 aromatic carbocycles. The Morgan fingerprint density at radius 2 is 2.16 bits per heavy atom. The number of hydrogen-bond acceptors (Lipinski definition) is 4. The lowest BCUT2D eigenvalue weighted by molar-refractivity contribution is 0.0699. The standard InChI is InChI=1S/C13H17N3O2S/c1-5-16-7-14-6-8(16)11-15-10(13(2,3)4)9(19-11)12(17)18/h6-7H,5H2,1-4H3,(H,17,18). The largest absolute Gasteiger partial charge is 0.477 e. The zero-order valence-corrected chi connectivity index (χ0v) is 12.3. The van der Waals surface area contributed by atoms with Gasteiger partial charge in [0.2, 0.25) is 0 Å². The zero-order chi connectivity index (χ0) is 14.2. The summed E-state index contributed by atoms with van der Waals surface area (Å²) in [5.74, 6) is -0.920. The van der Waals surface area contributed by atoms with Crippen LogP contribution in [-0.2, 0) is 12.0 Å². The second kappa shape index (κ2) is 4.77. The van der Waals surface area contributed by atoms with Crippen molar-refractivity contribution in [3.8, 4) is 10.7 Å². The van der Waals surface area contributed by atoms with Crippen LogP contribution >= 0.6 is 11.3 Å². The quantitative estimate of drug-likeness (QED) is 0.937. The molecule has 0 bridgehead atoms. The van der Waals surface area contributed by atoms with E-state index < -0.39 is 5.97 Å². The molecule has 0 aliphatic carbocycles. The van der Waals surface area contributed by atoms with Crippen molar-refractivity contribution in [3.63, 3.8) is 0 Å². The van der Waals surface area contributed by atoms with Gasteiger partial charge < -0.3 is 9.67 Å². The van der Waals surface area contributed by atoms with Crippen molar-refractivity contribution in [1.82, 2.24) is 14.5 Å². The summed E-state index contributed by atoms with van der Waals surface area (Å²) in [6.45, 7) is 8.70. The number of imidazole rings is 1. The molecule has 0 unspecified atom stereocenters. The molecule has 19 heavy (non-hydrogen) atoms. The van der Waals surface area contributed by atoms with Crippen molar-refractivity contribution in [2.24, 2.45) is 0 Å². The van der Waals surface area contributed by atoms with Gasteiger partial charge in [-0.1, -0.05) is 20.8 Å². The van der Waals surface area contributed by atoms with E-state index in [-0.39, 0.29) is 5.41 Å². The molecule has 2 heterocycles. The Bertz CT molecular complexity index is 608. The maximum atomic E-state index is 11.4.